The molecule has 3 rings (SSSR count). The number of benzene rings is 1. The Morgan fingerprint density at radius 1 is 1.19 bits per heavy atom. The zero-order chi connectivity index (χ0) is 14.7. The minimum absolute atomic E-state index is 0.0927. The van der Waals surface area contributed by atoms with Crippen LogP contribution in [0.15, 0.2) is 36.4 Å². The van der Waals surface area contributed by atoms with Gasteiger partial charge in [0.05, 0.1) is 17.3 Å². The van der Waals surface area contributed by atoms with Crippen molar-refractivity contribution in [3.8, 4) is 0 Å². The average Bonchev–Trinajstić information content (AvgIpc) is 3.06. The van der Waals surface area contributed by atoms with E-state index in [1.807, 2.05) is 18.2 Å². The van der Waals surface area contributed by atoms with Gasteiger partial charge in [-0.3, -0.25) is 10.4 Å². The summed E-state index contributed by atoms with van der Waals surface area (Å²) in [5, 5.41) is 1.94. The molecule has 2 aromatic rings. The molecule has 2 N–H and O–H groups in total. The summed E-state index contributed by atoms with van der Waals surface area (Å²) in [6.45, 7) is 4.18. The molecule has 1 unspecified atom stereocenters. The molecule has 4 nitrogen and oxygen atoms in total. The van der Waals surface area contributed by atoms with E-state index in [9.17, 15) is 0 Å². The lowest BCUT2D eigenvalue weighted by Gasteiger charge is -2.22. The van der Waals surface area contributed by atoms with Gasteiger partial charge < -0.3 is 4.90 Å². The summed E-state index contributed by atoms with van der Waals surface area (Å²) < 4.78 is 0. The number of para-hydroxylation sites is 1. The second-order valence-corrected chi connectivity index (χ2v) is 5.81. The van der Waals surface area contributed by atoms with Gasteiger partial charge in [0, 0.05) is 18.5 Å². The van der Waals surface area contributed by atoms with Crippen molar-refractivity contribution in [2.75, 3.05) is 13.1 Å². The third-order valence-electron chi connectivity index (χ3n) is 3.85. The topological polar surface area (TPSA) is 40.2 Å². The van der Waals surface area contributed by atoms with Crippen molar-refractivity contribution >= 4 is 28.2 Å². The minimum Gasteiger partial charge on any atom is -0.348 e. The highest BCUT2D eigenvalue weighted by Gasteiger charge is 2.15. The fourth-order valence-corrected chi connectivity index (χ4v) is 2.81. The van der Waals surface area contributed by atoms with Crippen LogP contribution in [0.1, 0.15) is 31.5 Å². The molecule has 0 saturated carbocycles. The second-order valence-electron chi connectivity index (χ2n) is 5.42. The molecule has 1 atom stereocenters. The van der Waals surface area contributed by atoms with Crippen LogP contribution in [0.2, 0.25) is 0 Å². The standard InChI is InChI=1S/C16H20N4S/c1-12(18-19-16(21)20-10-4-5-11-20)14-9-8-13-6-2-3-7-15(13)17-14/h2-3,6-9,12,18H,4-5,10-11H2,1H3,(H,19,21). The second kappa shape index (κ2) is 6.37. The van der Waals surface area contributed by atoms with E-state index in [4.69, 9.17) is 17.2 Å². The van der Waals surface area contributed by atoms with Crippen molar-refractivity contribution in [1.29, 1.82) is 0 Å². The Labute approximate surface area is 130 Å². The summed E-state index contributed by atoms with van der Waals surface area (Å²) in [7, 11) is 0. The lowest BCUT2D eigenvalue weighted by atomic mass is 10.1. The van der Waals surface area contributed by atoms with Crippen molar-refractivity contribution in [2.24, 2.45) is 0 Å². The van der Waals surface area contributed by atoms with Crippen molar-refractivity contribution in [2.45, 2.75) is 25.8 Å². The van der Waals surface area contributed by atoms with Gasteiger partial charge in [-0.2, -0.15) is 0 Å². The smallest absolute Gasteiger partial charge is 0.183 e. The van der Waals surface area contributed by atoms with E-state index in [2.05, 4.69) is 40.9 Å². The zero-order valence-electron chi connectivity index (χ0n) is 12.2. The monoisotopic (exact) mass is 300 g/mol. The number of hydrazine groups is 1. The van der Waals surface area contributed by atoms with Gasteiger partial charge in [-0.15, -0.1) is 0 Å². The molecule has 110 valence electrons. The van der Waals surface area contributed by atoms with Gasteiger partial charge >= 0.3 is 0 Å². The highest BCUT2D eigenvalue weighted by molar-refractivity contribution is 7.80. The molecule has 1 saturated heterocycles. The van der Waals surface area contributed by atoms with Gasteiger partial charge in [0.2, 0.25) is 0 Å². The lowest BCUT2D eigenvalue weighted by molar-refractivity contribution is 0.461. The van der Waals surface area contributed by atoms with Crippen molar-refractivity contribution < 1.29 is 0 Å². The quantitative estimate of drug-likeness (QED) is 0.674. The Bertz CT molecular complexity index is 637. The summed E-state index contributed by atoms with van der Waals surface area (Å²) in [5.74, 6) is 0. The van der Waals surface area contributed by atoms with Crippen LogP contribution in [0.3, 0.4) is 0 Å². The minimum atomic E-state index is 0.0927. The number of thiocarbonyl (C=S) groups is 1. The summed E-state index contributed by atoms with van der Waals surface area (Å²) in [5.41, 5.74) is 8.41. The maximum atomic E-state index is 5.39. The Balaban J connectivity index is 1.63. The lowest BCUT2D eigenvalue weighted by Crippen LogP contribution is -2.46. The van der Waals surface area contributed by atoms with Crippen molar-refractivity contribution in [3.05, 3.63) is 42.1 Å². The SMILES string of the molecule is CC(NNC(=S)N1CCCC1)c1ccc2ccccc2n1. The van der Waals surface area contributed by atoms with Gasteiger partial charge in [0.15, 0.2) is 5.11 Å². The molecule has 1 aromatic heterocycles. The number of fused-ring (bicyclic) bond motifs is 1. The van der Waals surface area contributed by atoms with Crippen LogP contribution in [-0.4, -0.2) is 28.1 Å². The Hall–Kier alpha value is -1.72. The number of hydrogen-bond acceptors (Lipinski definition) is 3. The van der Waals surface area contributed by atoms with Crippen LogP contribution >= 0.6 is 12.2 Å². The van der Waals surface area contributed by atoms with Crippen molar-refractivity contribution in [1.82, 2.24) is 20.7 Å². The Morgan fingerprint density at radius 3 is 2.76 bits per heavy atom. The Morgan fingerprint density at radius 2 is 1.95 bits per heavy atom. The van der Waals surface area contributed by atoms with Crippen LogP contribution in [-0.2, 0) is 0 Å². The largest absolute Gasteiger partial charge is 0.348 e. The molecule has 0 aliphatic carbocycles. The summed E-state index contributed by atoms with van der Waals surface area (Å²) >= 11 is 5.39. The molecule has 0 amide bonds. The molecule has 0 bridgehead atoms. The Kier molecular flexibility index (Phi) is 4.31. The molecule has 2 heterocycles. The molecule has 1 aliphatic heterocycles. The van der Waals surface area contributed by atoms with Crippen LogP contribution < -0.4 is 10.9 Å². The molecule has 1 aliphatic rings. The van der Waals surface area contributed by atoms with Crippen LogP contribution in [0.25, 0.3) is 10.9 Å². The van der Waals surface area contributed by atoms with E-state index in [-0.39, 0.29) is 6.04 Å². The van der Waals surface area contributed by atoms with Crippen LogP contribution in [0, 0.1) is 0 Å². The highest BCUT2D eigenvalue weighted by atomic mass is 32.1. The number of nitrogens with one attached hydrogen (secondary N) is 2. The van der Waals surface area contributed by atoms with Gasteiger partial charge in [-0.1, -0.05) is 24.3 Å². The highest BCUT2D eigenvalue weighted by Crippen LogP contribution is 2.16. The maximum Gasteiger partial charge on any atom is 0.183 e. The number of rotatable bonds is 3. The third-order valence-corrected chi connectivity index (χ3v) is 4.21. The van der Waals surface area contributed by atoms with Gasteiger partial charge in [0.25, 0.3) is 0 Å². The number of nitrogens with zero attached hydrogens (tertiary/aromatic N) is 2. The van der Waals surface area contributed by atoms with E-state index in [0.29, 0.717) is 0 Å². The fourth-order valence-electron chi connectivity index (χ4n) is 2.57. The molecule has 1 fully saturated rings. The molecular weight excluding hydrogens is 280 g/mol. The first-order valence-electron chi connectivity index (χ1n) is 7.40. The van der Waals surface area contributed by atoms with E-state index >= 15 is 0 Å². The zero-order valence-corrected chi connectivity index (χ0v) is 13.0. The van der Waals surface area contributed by atoms with E-state index < -0.39 is 0 Å². The summed E-state index contributed by atoms with van der Waals surface area (Å²) in [4.78, 5) is 6.89. The number of pyridine rings is 1. The molecule has 0 radical (unpaired) electrons. The molecule has 5 heteroatoms. The fraction of sp³-hybridized carbons (Fsp3) is 0.375. The van der Waals surface area contributed by atoms with Gasteiger partial charge in [-0.05, 0) is 44.1 Å². The maximum absolute atomic E-state index is 5.39. The summed E-state index contributed by atoms with van der Waals surface area (Å²) in [6, 6.07) is 12.4. The van der Waals surface area contributed by atoms with E-state index in [1.54, 1.807) is 0 Å². The molecule has 1 aromatic carbocycles. The number of hydrogen-bond donors (Lipinski definition) is 2. The summed E-state index contributed by atoms with van der Waals surface area (Å²) in [6.07, 6.45) is 2.45. The van der Waals surface area contributed by atoms with Gasteiger partial charge in [0.1, 0.15) is 0 Å². The molecular formula is C16H20N4S. The number of likely N-dealkylation sites (tertiary alicyclic amines) is 1. The van der Waals surface area contributed by atoms with Crippen molar-refractivity contribution in [3.63, 3.8) is 0 Å². The van der Waals surface area contributed by atoms with Crippen LogP contribution in [0.4, 0.5) is 0 Å². The molecule has 21 heavy (non-hydrogen) atoms. The van der Waals surface area contributed by atoms with E-state index in [0.717, 1.165) is 34.8 Å². The average molecular weight is 300 g/mol. The van der Waals surface area contributed by atoms with Crippen LogP contribution in [0.5, 0.6) is 0 Å². The normalized spacial score (nSPS) is 16.1. The first-order chi connectivity index (χ1) is 10.2. The van der Waals surface area contributed by atoms with E-state index in [1.165, 1.54) is 12.8 Å². The first kappa shape index (κ1) is 14.2. The predicted octanol–water partition coefficient (Wildman–Crippen LogP) is 2.77. The molecule has 0 spiro atoms. The predicted molar refractivity (Wildman–Crippen MR) is 89.8 cm³/mol. The third kappa shape index (κ3) is 3.31. The number of aromatic nitrogens is 1. The van der Waals surface area contributed by atoms with Gasteiger partial charge in [-0.25, -0.2) is 5.43 Å². The first-order valence-corrected chi connectivity index (χ1v) is 7.81.